The van der Waals surface area contributed by atoms with Gasteiger partial charge < -0.3 is 75.1 Å². The minimum absolute atomic E-state index is 0.0607. The van der Waals surface area contributed by atoms with E-state index < -0.39 is 101 Å². The molecule has 0 amide bonds. The highest BCUT2D eigenvalue weighted by molar-refractivity contribution is 5.73. The van der Waals surface area contributed by atoms with Gasteiger partial charge in [0.15, 0.2) is 12.6 Å². The van der Waals surface area contributed by atoms with Crippen molar-refractivity contribution in [3.05, 3.63) is 0 Å². The summed E-state index contributed by atoms with van der Waals surface area (Å²) in [6, 6.07) is -0.967. The molecule has 0 saturated carbocycles. The van der Waals surface area contributed by atoms with Gasteiger partial charge in [0.05, 0.1) is 42.0 Å². The second-order valence-corrected chi connectivity index (χ2v) is 17.7. The molecule has 18 atom stereocenters. The number of carbonyl (C=O) groups is 1. The van der Waals surface area contributed by atoms with E-state index in [0.29, 0.717) is 19.6 Å². The molecule has 330 valence electrons. The van der Waals surface area contributed by atoms with Crippen LogP contribution in [0.15, 0.2) is 0 Å². The van der Waals surface area contributed by atoms with Gasteiger partial charge in [-0.1, -0.05) is 20.8 Å². The van der Waals surface area contributed by atoms with Crippen molar-refractivity contribution in [2.45, 2.75) is 191 Å². The third-order valence-corrected chi connectivity index (χ3v) is 12.7. The summed E-state index contributed by atoms with van der Waals surface area (Å²) in [5.74, 6) is -3.05. The van der Waals surface area contributed by atoms with E-state index in [0.717, 1.165) is 6.42 Å². The molecule has 0 aromatic carbocycles. The van der Waals surface area contributed by atoms with Crippen molar-refractivity contribution in [2.24, 2.45) is 23.5 Å². The molecule has 0 radical (unpaired) electrons. The molecule has 16 nitrogen and oxygen atoms in total. The van der Waals surface area contributed by atoms with Crippen LogP contribution in [-0.2, 0) is 38.0 Å². The van der Waals surface area contributed by atoms with E-state index in [9.17, 15) is 30.3 Å². The van der Waals surface area contributed by atoms with Gasteiger partial charge >= 0.3 is 5.97 Å². The smallest absolute Gasteiger partial charge is 0.311 e. The summed E-state index contributed by atoms with van der Waals surface area (Å²) in [5.41, 5.74) is 0.212. The van der Waals surface area contributed by atoms with Crippen molar-refractivity contribution >= 4 is 5.97 Å². The van der Waals surface area contributed by atoms with E-state index in [1.54, 1.807) is 55.6 Å². The van der Waals surface area contributed by atoms with E-state index in [1.807, 2.05) is 13.8 Å². The third kappa shape index (κ3) is 11.4. The molecule has 3 fully saturated rings. The highest BCUT2D eigenvalue weighted by Gasteiger charge is 2.58. The van der Waals surface area contributed by atoms with Crippen LogP contribution >= 0.6 is 0 Å². The molecule has 3 rings (SSSR count). The second-order valence-electron chi connectivity index (χ2n) is 17.7. The molecular weight excluding hydrogens is 730 g/mol. The molecule has 3 aliphatic rings. The van der Waals surface area contributed by atoms with E-state index in [1.165, 1.54) is 14.0 Å². The number of ether oxygens (including phenoxy) is 7. The van der Waals surface area contributed by atoms with Crippen molar-refractivity contribution in [2.75, 3.05) is 40.5 Å². The molecule has 3 heterocycles. The van der Waals surface area contributed by atoms with Gasteiger partial charge in [-0.25, -0.2) is 0 Å². The van der Waals surface area contributed by atoms with Gasteiger partial charge in [0.25, 0.3) is 0 Å². The van der Waals surface area contributed by atoms with Gasteiger partial charge in [0, 0.05) is 58.3 Å². The molecule has 0 aromatic heterocycles. The molecule has 16 heteroatoms. The summed E-state index contributed by atoms with van der Waals surface area (Å²) in [6.07, 6.45) is -7.56. The highest BCUT2D eigenvalue weighted by Crippen LogP contribution is 2.43. The van der Waals surface area contributed by atoms with Crippen LogP contribution in [0.3, 0.4) is 0 Å². The lowest BCUT2D eigenvalue weighted by atomic mass is 9.75. The average molecular weight is 808 g/mol. The summed E-state index contributed by atoms with van der Waals surface area (Å²) in [6.45, 7) is 18.9. The Kier molecular flexibility index (Phi) is 18.0. The maximum Gasteiger partial charge on any atom is 0.311 e. The lowest BCUT2D eigenvalue weighted by Gasteiger charge is -2.53. The quantitative estimate of drug-likeness (QED) is 0.101. The number of hydrogen-bond donors (Lipinski definition) is 8. The average Bonchev–Trinajstić information content (AvgIpc) is 3.13. The number of rotatable bonds is 12. The molecular formula is C40H77N3O13. The Morgan fingerprint density at radius 1 is 0.982 bits per heavy atom. The molecule has 3 saturated heterocycles. The van der Waals surface area contributed by atoms with Crippen LogP contribution in [-0.4, -0.2) is 162 Å². The number of esters is 1. The first-order valence-corrected chi connectivity index (χ1v) is 20.6. The SMILES string of the molecule is CC[C@@H]1OC(=O)[C@H](C)[C@H](OC2C[C@@](C)(OC)[C@](O)(CNCCCOC)[C@H](C)O2)[C@@H](C)[C@@H](O[C@@H]2O[C@H](C)C[C@H](N)[C@H]2O)[C@](C)(O)C[C@@H](C)NC[C@@H](C)[C@H](O)[C@]1(C)O. The Morgan fingerprint density at radius 3 is 2.25 bits per heavy atom. The van der Waals surface area contributed by atoms with E-state index in [4.69, 9.17) is 38.9 Å². The first-order valence-electron chi connectivity index (χ1n) is 20.6. The number of hydrogen-bond acceptors (Lipinski definition) is 16. The lowest BCUT2D eigenvalue weighted by Crippen LogP contribution is -2.70. The normalized spacial score (nSPS) is 47.8. The van der Waals surface area contributed by atoms with Crippen LogP contribution in [0.2, 0.25) is 0 Å². The van der Waals surface area contributed by atoms with E-state index >= 15 is 0 Å². The number of nitrogens with two attached hydrogens (primary N) is 1. The molecule has 56 heavy (non-hydrogen) atoms. The van der Waals surface area contributed by atoms with Crippen molar-refractivity contribution < 1.29 is 63.5 Å². The number of methoxy groups -OCH3 is 2. The summed E-state index contributed by atoms with van der Waals surface area (Å²) < 4.78 is 43.0. The first kappa shape index (κ1) is 49.3. The Labute approximate surface area is 334 Å². The minimum atomic E-state index is -1.80. The largest absolute Gasteiger partial charge is 0.459 e. The number of aliphatic hydroxyl groups is 5. The van der Waals surface area contributed by atoms with Gasteiger partial charge in [-0.2, -0.15) is 0 Å². The predicted molar refractivity (Wildman–Crippen MR) is 208 cm³/mol. The molecule has 0 aliphatic carbocycles. The zero-order valence-electron chi connectivity index (χ0n) is 36.0. The number of carbonyl (C=O) groups excluding carboxylic acids is 1. The number of nitrogens with one attached hydrogen (secondary N) is 2. The summed E-state index contributed by atoms with van der Waals surface area (Å²) in [4.78, 5) is 14.3. The van der Waals surface area contributed by atoms with Gasteiger partial charge in [0.1, 0.15) is 29.0 Å². The van der Waals surface area contributed by atoms with Crippen LogP contribution in [0.25, 0.3) is 0 Å². The molecule has 0 spiro atoms. The number of cyclic esters (lactones) is 1. The summed E-state index contributed by atoms with van der Waals surface area (Å²) >= 11 is 0. The topological polar surface area (TPSA) is 233 Å². The highest BCUT2D eigenvalue weighted by atomic mass is 16.7. The fourth-order valence-corrected chi connectivity index (χ4v) is 8.90. The van der Waals surface area contributed by atoms with Crippen molar-refractivity contribution in [1.29, 1.82) is 0 Å². The molecule has 0 aromatic rings. The second kappa shape index (κ2) is 20.4. The van der Waals surface area contributed by atoms with Crippen molar-refractivity contribution in [3.63, 3.8) is 0 Å². The maximum absolute atomic E-state index is 14.3. The fraction of sp³-hybridized carbons (Fsp3) is 0.975. The van der Waals surface area contributed by atoms with Gasteiger partial charge in [-0.3, -0.25) is 4.79 Å². The molecule has 1 unspecified atom stereocenters. The lowest BCUT2D eigenvalue weighted by molar-refractivity contribution is -0.335. The number of aliphatic hydroxyl groups excluding tert-OH is 2. The van der Waals surface area contributed by atoms with Gasteiger partial charge in [0.2, 0.25) is 0 Å². The molecule has 9 N–H and O–H groups in total. The zero-order chi connectivity index (χ0) is 42.4. The van der Waals surface area contributed by atoms with Crippen LogP contribution in [0.4, 0.5) is 0 Å². The maximum atomic E-state index is 14.3. The Morgan fingerprint density at radius 2 is 1.64 bits per heavy atom. The Bertz CT molecular complexity index is 1220. The Hall–Kier alpha value is -1.09. The molecule has 0 bridgehead atoms. The minimum Gasteiger partial charge on any atom is -0.459 e. The summed E-state index contributed by atoms with van der Waals surface area (Å²) in [5, 5.41) is 65.3. The summed E-state index contributed by atoms with van der Waals surface area (Å²) in [7, 11) is 3.15. The van der Waals surface area contributed by atoms with Crippen LogP contribution in [0, 0.1) is 17.8 Å². The first-order chi connectivity index (χ1) is 26.0. The van der Waals surface area contributed by atoms with Gasteiger partial charge in [-0.15, -0.1) is 0 Å². The standard InChI is InChI=1S/C40H77N3O13/c1-13-29-39(10,48)33(45)22(2)20-43-23(3)18-37(8,47)34(56-36-31(44)28(41)17-24(4)52-36)25(5)32(26(6)35(46)54-29)55-30-19-38(9,51-12)40(49,27(7)53-30)21-42-15-14-16-50-11/h22-34,36,42-45,47-49H,13-21,41H2,1-12H3/t22-,23-,24-,25-,26-,27+,28+,29+,30?,31-,32-,33+,34-,36+,37-,38-,39-,40+/m1/s1. The van der Waals surface area contributed by atoms with Crippen LogP contribution in [0.5, 0.6) is 0 Å². The third-order valence-electron chi connectivity index (χ3n) is 12.7. The monoisotopic (exact) mass is 808 g/mol. The van der Waals surface area contributed by atoms with E-state index in [-0.39, 0.29) is 44.5 Å². The predicted octanol–water partition coefficient (Wildman–Crippen LogP) is 0.952. The van der Waals surface area contributed by atoms with Gasteiger partial charge in [-0.05, 0) is 86.6 Å². The van der Waals surface area contributed by atoms with Crippen LogP contribution in [0.1, 0.15) is 101 Å². The molecule has 3 aliphatic heterocycles. The van der Waals surface area contributed by atoms with Crippen molar-refractivity contribution in [3.8, 4) is 0 Å². The Balaban J connectivity index is 2.11. The zero-order valence-corrected chi connectivity index (χ0v) is 36.0. The fourth-order valence-electron chi connectivity index (χ4n) is 8.90. The van der Waals surface area contributed by atoms with Crippen molar-refractivity contribution in [1.82, 2.24) is 10.6 Å². The van der Waals surface area contributed by atoms with E-state index in [2.05, 4.69) is 10.6 Å². The van der Waals surface area contributed by atoms with Crippen LogP contribution < -0.4 is 16.4 Å².